The second kappa shape index (κ2) is 10.6. The first-order valence-corrected chi connectivity index (χ1v) is 6.13. The van der Waals surface area contributed by atoms with Crippen LogP contribution in [-0.2, 0) is 11.2 Å². The Morgan fingerprint density at radius 1 is 1.28 bits per heavy atom. The van der Waals surface area contributed by atoms with Gasteiger partial charge in [0.05, 0.1) is 6.10 Å². The maximum absolute atomic E-state index is 8.56. The minimum absolute atomic E-state index is 0.337. The molecule has 1 rings (SSSR count). The second-order valence-corrected chi connectivity index (χ2v) is 4.01. The molecule has 1 aromatic rings. The van der Waals surface area contributed by atoms with E-state index in [9.17, 15) is 0 Å². The van der Waals surface area contributed by atoms with Gasteiger partial charge in [0, 0.05) is 6.61 Å². The summed E-state index contributed by atoms with van der Waals surface area (Å²) < 4.78 is 5.69. The molecule has 2 N–H and O–H groups in total. The first-order valence-electron chi connectivity index (χ1n) is 6.13. The number of benzene rings is 1. The van der Waals surface area contributed by atoms with Gasteiger partial charge in [-0.25, -0.2) is 4.79 Å². The summed E-state index contributed by atoms with van der Waals surface area (Å²) in [6, 6.07) is 10.5. The van der Waals surface area contributed by atoms with E-state index >= 15 is 0 Å². The number of rotatable bonds is 6. The molecule has 0 heterocycles. The minimum Gasteiger partial charge on any atom is -0.450 e. The average molecular weight is 254 g/mol. The molecule has 0 amide bonds. The molecule has 0 aliphatic carbocycles. The highest BCUT2D eigenvalue weighted by Crippen LogP contribution is 2.05. The Balaban J connectivity index is 0.000000631. The molecule has 0 radical (unpaired) electrons. The van der Waals surface area contributed by atoms with Crippen molar-refractivity contribution in [1.82, 2.24) is 0 Å². The number of unbranched alkanes of at least 4 members (excludes halogenated alkanes) is 1. The molecule has 0 spiro atoms. The van der Waals surface area contributed by atoms with Crippen molar-refractivity contribution in [3.63, 3.8) is 0 Å². The maximum atomic E-state index is 8.56. The van der Waals surface area contributed by atoms with E-state index in [1.165, 1.54) is 18.4 Å². The van der Waals surface area contributed by atoms with Gasteiger partial charge in [0.25, 0.3) is 0 Å². The molecule has 0 bridgehead atoms. The van der Waals surface area contributed by atoms with E-state index in [1.807, 2.05) is 6.07 Å². The highest BCUT2D eigenvalue weighted by molar-refractivity contribution is 5.53. The molecule has 1 atom stereocenters. The number of hydrogen-bond donors (Lipinski definition) is 2. The maximum Gasteiger partial charge on any atom is 0.503 e. The highest BCUT2D eigenvalue weighted by atomic mass is 16.6. The van der Waals surface area contributed by atoms with E-state index in [1.54, 1.807) is 0 Å². The van der Waals surface area contributed by atoms with Crippen molar-refractivity contribution >= 4 is 6.16 Å². The van der Waals surface area contributed by atoms with E-state index in [4.69, 9.17) is 19.7 Å². The van der Waals surface area contributed by atoms with Gasteiger partial charge in [-0.1, -0.05) is 43.7 Å². The Kier molecular flexibility index (Phi) is 9.68. The SMILES string of the molecule is CCCCOC(C)Cc1ccccc1.O=C(O)O. The molecule has 0 aliphatic rings. The highest BCUT2D eigenvalue weighted by Gasteiger charge is 2.02. The van der Waals surface area contributed by atoms with Gasteiger partial charge in [-0.05, 0) is 25.3 Å². The summed E-state index contributed by atoms with van der Waals surface area (Å²) in [7, 11) is 0. The van der Waals surface area contributed by atoms with E-state index in [0.717, 1.165) is 13.0 Å². The fraction of sp³-hybridized carbons (Fsp3) is 0.500. The van der Waals surface area contributed by atoms with Crippen molar-refractivity contribution in [3.8, 4) is 0 Å². The van der Waals surface area contributed by atoms with Crippen LogP contribution in [0.3, 0.4) is 0 Å². The first-order chi connectivity index (χ1) is 8.56. The Bertz CT molecular complexity index is 307. The minimum atomic E-state index is -1.83. The van der Waals surface area contributed by atoms with Gasteiger partial charge in [-0.15, -0.1) is 0 Å². The Morgan fingerprint density at radius 2 is 1.83 bits per heavy atom. The molecule has 0 fully saturated rings. The monoisotopic (exact) mass is 254 g/mol. The van der Waals surface area contributed by atoms with Crippen LogP contribution in [0.1, 0.15) is 32.3 Å². The van der Waals surface area contributed by atoms with Crippen LogP contribution < -0.4 is 0 Å². The summed E-state index contributed by atoms with van der Waals surface area (Å²) in [4.78, 5) is 8.56. The van der Waals surface area contributed by atoms with Crippen molar-refractivity contribution in [2.45, 2.75) is 39.2 Å². The molecule has 102 valence electrons. The largest absolute Gasteiger partial charge is 0.503 e. The molecular weight excluding hydrogens is 232 g/mol. The van der Waals surface area contributed by atoms with Crippen LogP contribution >= 0.6 is 0 Å². The molecular formula is C14H22O4. The van der Waals surface area contributed by atoms with Crippen LogP contribution in [0.5, 0.6) is 0 Å². The molecule has 0 saturated heterocycles. The predicted octanol–water partition coefficient (Wildman–Crippen LogP) is 3.66. The van der Waals surface area contributed by atoms with Gasteiger partial charge in [0.1, 0.15) is 0 Å². The molecule has 4 nitrogen and oxygen atoms in total. The standard InChI is InChI=1S/C13H20O.CH2O3/c1-3-4-10-14-12(2)11-13-8-6-5-7-9-13;2-1(3)4/h5-9,12H,3-4,10-11H2,1-2H3;(H2,2,3,4). The van der Waals surface area contributed by atoms with Crippen LogP contribution in [0.15, 0.2) is 30.3 Å². The predicted molar refractivity (Wildman–Crippen MR) is 71.1 cm³/mol. The number of carbonyl (C=O) groups is 1. The quantitative estimate of drug-likeness (QED) is 0.760. The third kappa shape index (κ3) is 11.0. The fourth-order valence-electron chi connectivity index (χ4n) is 1.43. The number of hydrogen-bond acceptors (Lipinski definition) is 2. The number of carboxylic acid groups (broad SMARTS) is 2. The van der Waals surface area contributed by atoms with Crippen molar-refractivity contribution in [3.05, 3.63) is 35.9 Å². The topological polar surface area (TPSA) is 66.8 Å². The van der Waals surface area contributed by atoms with Crippen LogP contribution in [0.25, 0.3) is 0 Å². The summed E-state index contributed by atoms with van der Waals surface area (Å²) in [6.07, 6.45) is 1.89. The third-order valence-electron chi connectivity index (χ3n) is 2.27. The summed E-state index contributed by atoms with van der Waals surface area (Å²) in [6.45, 7) is 5.22. The normalized spacial score (nSPS) is 11.2. The fourth-order valence-corrected chi connectivity index (χ4v) is 1.43. The third-order valence-corrected chi connectivity index (χ3v) is 2.27. The average Bonchev–Trinajstić information content (AvgIpc) is 2.30. The zero-order valence-electron chi connectivity index (χ0n) is 11.0. The van der Waals surface area contributed by atoms with E-state index in [2.05, 4.69) is 38.1 Å². The summed E-state index contributed by atoms with van der Waals surface area (Å²) in [5.74, 6) is 0. The molecule has 4 heteroatoms. The van der Waals surface area contributed by atoms with Gasteiger partial charge in [0.2, 0.25) is 0 Å². The second-order valence-electron chi connectivity index (χ2n) is 4.01. The lowest BCUT2D eigenvalue weighted by Gasteiger charge is -2.12. The molecule has 1 unspecified atom stereocenters. The van der Waals surface area contributed by atoms with Crippen LogP contribution in [-0.4, -0.2) is 29.1 Å². The lowest BCUT2D eigenvalue weighted by Crippen LogP contribution is -2.12. The first kappa shape index (κ1) is 16.4. The summed E-state index contributed by atoms with van der Waals surface area (Å²) >= 11 is 0. The number of ether oxygens (including phenoxy) is 1. The van der Waals surface area contributed by atoms with Gasteiger partial charge >= 0.3 is 6.16 Å². The van der Waals surface area contributed by atoms with Gasteiger partial charge in [-0.2, -0.15) is 0 Å². The van der Waals surface area contributed by atoms with E-state index in [-0.39, 0.29) is 0 Å². The van der Waals surface area contributed by atoms with Crippen LogP contribution in [0, 0.1) is 0 Å². The summed E-state index contributed by atoms with van der Waals surface area (Å²) in [5, 5.41) is 13.9. The lowest BCUT2D eigenvalue weighted by atomic mass is 10.1. The zero-order valence-corrected chi connectivity index (χ0v) is 11.0. The summed E-state index contributed by atoms with van der Waals surface area (Å²) in [5.41, 5.74) is 1.36. The van der Waals surface area contributed by atoms with Crippen molar-refractivity contribution in [1.29, 1.82) is 0 Å². The van der Waals surface area contributed by atoms with Crippen molar-refractivity contribution in [2.24, 2.45) is 0 Å². The van der Waals surface area contributed by atoms with Crippen molar-refractivity contribution < 1.29 is 19.7 Å². The molecule has 0 aliphatic heterocycles. The van der Waals surface area contributed by atoms with E-state index < -0.39 is 6.16 Å². The van der Waals surface area contributed by atoms with Crippen LogP contribution in [0.2, 0.25) is 0 Å². The smallest absolute Gasteiger partial charge is 0.450 e. The van der Waals surface area contributed by atoms with Crippen molar-refractivity contribution in [2.75, 3.05) is 6.61 Å². The lowest BCUT2D eigenvalue weighted by molar-refractivity contribution is 0.0644. The van der Waals surface area contributed by atoms with E-state index in [0.29, 0.717) is 6.10 Å². The Hall–Kier alpha value is -1.55. The molecule has 1 aromatic carbocycles. The molecule has 0 saturated carbocycles. The molecule has 18 heavy (non-hydrogen) atoms. The Labute approximate surface area is 108 Å². The van der Waals surface area contributed by atoms with Gasteiger partial charge in [-0.3, -0.25) is 0 Å². The zero-order chi connectivity index (χ0) is 13.8. The van der Waals surface area contributed by atoms with Crippen LogP contribution in [0.4, 0.5) is 4.79 Å². The Morgan fingerprint density at radius 3 is 2.33 bits per heavy atom. The molecule has 0 aromatic heterocycles. The van der Waals surface area contributed by atoms with Gasteiger partial charge < -0.3 is 14.9 Å². The van der Waals surface area contributed by atoms with Gasteiger partial charge in [0.15, 0.2) is 0 Å².